The second-order valence-electron chi connectivity index (χ2n) is 3.75. The lowest BCUT2D eigenvalue weighted by Crippen LogP contribution is -1.90. The third-order valence-corrected chi connectivity index (χ3v) is 2.98. The van der Waals surface area contributed by atoms with E-state index < -0.39 is 7.60 Å². The third kappa shape index (κ3) is 5.12. The quantitative estimate of drug-likeness (QED) is 0.762. The van der Waals surface area contributed by atoms with Crippen LogP contribution in [0.15, 0.2) is 24.3 Å². The number of benzene rings is 1. The zero-order valence-corrected chi connectivity index (χ0v) is 9.78. The molecule has 0 spiro atoms. The summed E-state index contributed by atoms with van der Waals surface area (Å²) in [7, 11) is -3.93. The zero-order chi connectivity index (χ0) is 11.3. The minimum absolute atomic E-state index is 0.160. The SMILES string of the molecule is CCCCc1cccc(CP(=O)(O)O)c1. The van der Waals surface area contributed by atoms with Gasteiger partial charge in [-0.2, -0.15) is 0 Å². The number of unbranched alkanes of at least 4 members (excludes halogenated alkanes) is 1. The predicted molar refractivity (Wildman–Crippen MR) is 60.8 cm³/mol. The van der Waals surface area contributed by atoms with Gasteiger partial charge in [0.05, 0.1) is 6.16 Å². The first-order valence-electron chi connectivity index (χ1n) is 5.13. The number of hydrogen-bond acceptors (Lipinski definition) is 1. The van der Waals surface area contributed by atoms with E-state index in [2.05, 4.69) is 6.92 Å². The molecule has 1 rings (SSSR count). The van der Waals surface area contributed by atoms with Crippen LogP contribution in [0.2, 0.25) is 0 Å². The van der Waals surface area contributed by atoms with E-state index in [1.165, 1.54) is 0 Å². The number of rotatable bonds is 5. The monoisotopic (exact) mass is 228 g/mol. The molecule has 0 unspecified atom stereocenters. The lowest BCUT2D eigenvalue weighted by Gasteiger charge is -2.06. The van der Waals surface area contributed by atoms with Crippen LogP contribution in [0, 0.1) is 0 Å². The summed E-state index contributed by atoms with van der Waals surface area (Å²) in [5.74, 6) is 0. The van der Waals surface area contributed by atoms with Crippen LogP contribution in [-0.2, 0) is 17.1 Å². The second kappa shape index (κ2) is 5.45. The number of hydrogen-bond donors (Lipinski definition) is 2. The van der Waals surface area contributed by atoms with Gasteiger partial charge >= 0.3 is 7.60 Å². The average Bonchev–Trinajstić information content (AvgIpc) is 2.12. The van der Waals surface area contributed by atoms with Gasteiger partial charge in [0, 0.05) is 0 Å². The maximum Gasteiger partial charge on any atom is 0.329 e. The Morgan fingerprint density at radius 3 is 2.53 bits per heavy atom. The highest BCUT2D eigenvalue weighted by Crippen LogP contribution is 2.39. The molecule has 0 saturated carbocycles. The first kappa shape index (κ1) is 12.4. The molecule has 0 amide bonds. The maximum absolute atomic E-state index is 10.8. The van der Waals surface area contributed by atoms with Crippen LogP contribution < -0.4 is 0 Å². The smallest absolute Gasteiger partial charge is 0.324 e. The summed E-state index contributed by atoms with van der Waals surface area (Å²) in [4.78, 5) is 17.7. The van der Waals surface area contributed by atoms with Crippen LogP contribution in [-0.4, -0.2) is 9.79 Å². The van der Waals surface area contributed by atoms with Crippen LogP contribution in [0.3, 0.4) is 0 Å². The highest BCUT2D eigenvalue weighted by Gasteiger charge is 2.13. The molecule has 0 aromatic heterocycles. The maximum atomic E-state index is 10.8. The molecular weight excluding hydrogens is 211 g/mol. The van der Waals surface area contributed by atoms with Gasteiger partial charge in [-0.25, -0.2) is 0 Å². The van der Waals surface area contributed by atoms with Gasteiger partial charge in [0.15, 0.2) is 0 Å². The van der Waals surface area contributed by atoms with Crippen molar-refractivity contribution in [1.82, 2.24) is 0 Å². The Hall–Kier alpha value is -0.630. The third-order valence-electron chi connectivity index (χ3n) is 2.20. The molecule has 0 heterocycles. The Morgan fingerprint density at radius 1 is 1.27 bits per heavy atom. The molecule has 2 N–H and O–H groups in total. The fourth-order valence-corrected chi connectivity index (χ4v) is 2.17. The van der Waals surface area contributed by atoms with Crippen molar-refractivity contribution in [1.29, 1.82) is 0 Å². The molecule has 1 aromatic rings. The molecule has 0 saturated heterocycles. The van der Waals surface area contributed by atoms with Crippen molar-refractivity contribution in [2.75, 3.05) is 0 Å². The molecule has 0 aliphatic carbocycles. The van der Waals surface area contributed by atoms with Crippen molar-refractivity contribution in [2.24, 2.45) is 0 Å². The van der Waals surface area contributed by atoms with Crippen LogP contribution in [0.4, 0.5) is 0 Å². The van der Waals surface area contributed by atoms with Crippen LogP contribution >= 0.6 is 7.60 Å². The molecule has 0 bridgehead atoms. The molecule has 15 heavy (non-hydrogen) atoms. The molecule has 0 radical (unpaired) electrons. The van der Waals surface area contributed by atoms with E-state index in [0.717, 1.165) is 30.4 Å². The van der Waals surface area contributed by atoms with E-state index in [0.29, 0.717) is 0 Å². The molecule has 84 valence electrons. The Labute approximate surface area is 90.3 Å². The van der Waals surface area contributed by atoms with Crippen LogP contribution in [0.1, 0.15) is 30.9 Å². The van der Waals surface area contributed by atoms with Crippen molar-refractivity contribution in [2.45, 2.75) is 32.3 Å². The summed E-state index contributed by atoms with van der Waals surface area (Å²) < 4.78 is 10.8. The normalized spacial score (nSPS) is 11.7. The van der Waals surface area contributed by atoms with Gasteiger partial charge in [0.25, 0.3) is 0 Å². The molecule has 0 aliphatic heterocycles. The minimum atomic E-state index is -3.93. The summed E-state index contributed by atoms with van der Waals surface area (Å²) in [6.07, 6.45) is 3.06. The van der Waals surface area contributed by atoms with Crippen LogP contribution in [0.5, 0.6) is 0 Å². The van der Waals surface area contributed by atoms with Gasteiger partial charge in [0.1, 0.15) is 0 Å². The summed E-state index contributed by atoms with van der Waals surface area (Å²) >= 11 is 0. The topological polar surface area (TPSA) is 57.5 Å². The predicted octanol–water partition coefficient (Wildman–Crippen LogP) is 2.71. The first-order valence-corrected chi connectivity index (χ1v) is 6.93. The summed E-state index contributed by atoms with van der Waals surface area (Å²) in [6, 6.07) is 7.50. The van der Waals surface area contributed by atoms with Gasteiger partial charge in [-0.3, -0.25) is 4.57 Å². The van der Waals surface area contributed by atoms with E-state index in [-0.39, 0.29) is 6.16 Å². The largest absolute Gasteiger partial charge is 0.329 e. The van der Waals surface area contributed by atoms with E-state index in [9.17, 15) is 4.57 Å². The van der Waals surface area contributed by atoms with Gasteiger partial charge in [-0.15, -0.1) is 0 Å². The highest BCUT2D eigenvalue weighted by atomic mass is 31.2. The van der Waals surface area contributed by atoms with E-state index in [1.807, 2.05) is 18.2 Å². The summed E-state index contributed by atoms with van der Waals surface area (Å²) in [5.41, 5.74) is 1.87. The molecule has 0 fully saturated rings. The van der Waals surface area contributed by atoms with Crippen LogP contribution in [0.25, 0.3) is 0 Å². The zero-order valence-electron chi connectivity index (χ0n) is 8.89. The molecular formula is C11H17O3P. The summed E-state index contributed by atoms with van der Waals surface area (Å²) in [5, 5.41) is 0. The van der Waals surface area contributed by atoms with Crippen molar-refractivity contribution in [3.05, 3.63) is 35.4 Å². The first-order chi connectivity index (χ1) is 7.01. The van der Waals surface area contributed by atoms with Crippen molar-refractivity contribution < 1.29 is 14.4 Å². The van der Waals surface area contributed by atoms with Crippen molar-refractivity contribution in [3.8, 4) is 0 Å². The lowest BCUT2D eigenvalue weighted by molar-refractivity contribution is 0.371. The molecule has 1 aromatic carbocycles. The second-order valence-corrected chi connectivity index (χ2v) is 5.39. The Bertz CT molecular complexity index is 357. The molecule has 0 aliphatic rings. The van der Waals surface area contributed by atoms with E-state index >= 15 is 0 Å². The van der Waals surface area contributed by atoms with E-state index in [4.69, 9.17) is 9.79 Å². The fraction of sp³-hybridized carbons (Fsp3) is 0.455. The molecule has 3 nitrogen and oxygen atoms in total. The Morgan fingerprint density at radius 2 is 1.93 bits per heavy atom. The van der Waals surface area contributed by atoms with E-state index in [1.54, 1.807) is 6.07 Å². The molecule has 4 heteroatoms. The minimum Gasteiger partial charge on any atom is -0.324 e. The Kier molecular flexibility index (Phi) is 4.52. The standard InChI is InChI=1S/C11H17O3P/c1-2-3-5-10-6-4-7-11(8-10)9-15(12,13)14/h4,6-8H,2-3,5,9H2,1H3,(H2,12,13,14). The summed E-state index contributed by atoms with van der Waals surface area (Å²) in [6.45, 7) is 2.12. The molecule has 0 atom stereocenters. The van der Waals surface area contributed by atoms with Crippen molar-refractivity contribution >= 4 is 7.60 Å². The fourth-order valence-electron chi connectivity index (χ4n) is 1.50. The van der Waals surface area contributed by atoms with Gasteiger partial charge < -0.3 is 9.79 Å². The van der Waals surface area contributed by atoms with Gasteiger partial charge in [-0.1, -0.05) is 37.6 Å². The van der Waals surface area contributed by atoms with Crippen molar-refractivity contribution in [3.63, 3.8) is 0 Å². The average molecular weight is 228 g/mol. The Balaban J connectivity index is 2.70. The lowest BCUT2D eigenvalue weighted by atomic mass is 10.1. The number of aryl methyl sites for hydroxylation is 1. The highest BCUT2D eigenvalue weighted by molar-refractivity contribution is 7.50. The van der Waals surface area contributed by atoms with Gasteiger partial charge in [-0.05, 0) is 24.0 Å². The van der Waals surface area contributed by atoms with Gasteiger partial charge in [0.2, 0.25) is 0 Å².